The van der Waals surface area contributed by atoms with E-state index in [9.17, 15) is 4.79 Å². The summed E-state index contributed by atoms with van der Waals surface area (Å²) in [5.41, 5.74) is 6.29. The standard InChI is InChI=1S/C10H12ClNO3/c1-6-2-3-9(7(11)4-6)15-5-8(12)10(13)14/h2-4,8H,5,12H2,1H3,(H,13,14)/t8-/m0/s1. The van der Waals surface area contributed by atoms with Crippen LogP contribution in [0, 0.1) is 6.92 Å². The highest BCUT2D eigenvalue weighted by molar-refractivity contribution is 6.32. The van der Waals surface area contributed by atoms with Crippen molar-refractivity contribution in [1.82, 2.24) is 0 Å². The second-order valence-electron chi connectivity index (χ2n) is 3.19. The van der Waals surface area contributed by atoms with Crippen molar-refractivity contribution >= 4 is 17.6 Å². The van der Waals surface area contributed by atoms with E-state index in [2.05, 4.69) is 0 Å². The summed E-state index contributed by atoms with van der Waals surface area (Å²) in [6.45, 7) is 1.80. The van der Waals surface area contributed by atoms with E-state index in [-0.39, 0.29) is 6.61 Å². The number of rotatable bonds is 4. The van der Waals surface area contributed by atoms with E-state index >= 15 is 0 Å². The maximum Gasteiger partial charge on any atom is 0.324 e. The van der Waals surface area contributed by atoms with Crippen molar-refractivity contribution in [1.29, 1.82) is 0 Å². The van der Waals surface area contributed by atoms with Crippen LogP contribution >= 0.6 is 11.6 Å². The summed E-state index contributed by atoms with van der Waals surface area (Å²) >= 11 is 5.88. The largest absolute Gasteiger partial charge is 0.490 e. The molecule has 4 nitrogen and oxygen atoms in total. The molecule has 0 aliphatic rings. The quantitative estimate of drug-likeness (QED) is 0.820. The van der Waals surface area contributed by atoms with Crippen molar-refractivity contribution < 1.29 is 14.6 Å². The van der Waals surface area contributed by atoms with Crippen LogP contribution in [0.2, 0.25) is 5.02 Å². The highest BCUT2D eigenvalue weighted by Gasteiger charge is 2.12. The molecule has 0 saturated carbocycles. The van der Waals surface area contributed by atoms with Gasteiger partial charge >= 0.3 is 5.97 Å². The van der Waals surface area contributed by atoms with E-state index < -0.39 is 12.0 Å². The van der Waals surface area contributed by atoms with Crippen molar-refractivity contribution in [2.45, 2.75) is 13.0 Å². The minimum absolute atomic E-state index is 0.0991. The summed E-state index contributed by atoms with van der Waals surface area (Å²) < 4.78 is 5.18. The molecule has 5 heteroatoms. The van der Waals surface area contributed by atoms with Gasteiger partial charge in [0.1, 0.15) is 18.4 Å². The Morgan fingerprint density at radius 1 is 1.67 bits per heavy atom. The Morgan fingerprint density at radius 3 is 2.87 bits per heavy atom. The van der Waals surface area contributed by atoms with Crippen LogP contribution in [0.15, 0.2) is 18.2 Å². The minimum atomic E-state index is -1.10. The van der Waals surface area contributed by atoms with Gasteiger partial charge in [0.2, 0.25) is 0 Å². The van der Waals surface area contributed by atoms with Gasteiger partial charge in [-0.2, -0.15) is 0 Å². The molecule has 0 aliphatic carbocycles. The third-order valence-corrected chi connectivity index (χ3v) is 2.12. The molecule has 0 heterocycles. The highest BCUT2D eigenvalue weighted by Crippen LogP contribution is 2.24. The number of ether oxygens (including phenoxy) is 1. The molecule has 1 aromatic rings. The molecule has 0 amide bonds. The number of carbonyl (C=O) groups is 1. The molecule has 0 bridgehead atoms. The molecule has 1 atom stereocenters. The zero-order valence-electron chi connectivity index (χ0n) is 8.24. The summed E-state index contributed by atoms with van der Waals surface area (Å²) in [4.78, 5) is 10.4. The van der Waals surface area contributed by atoms with Gasteiger partial charge in [0.05, 0.1) is 5.02 Å². The monoisotopic (exact) mass is 229 g/mol. The van der Waals surface area contributed by atoms with Crippen molar-refractivity contribution in [3.63, 3.8) is 0 Å². The fraction of sp³-hybridized carbons (Fsp3) is 0.300. The van der Waals surface area contributed by atoms with Gasteiger partial charge in [-0.25, -0.2) is 0 Å². The van der Waals surface area contributed by atoms with E-state index in [0.717, 1.165) is 5.56 Å². The number of carboxylic acids is 1. The third-order valence-electron chi connectivity index (χ3n) is 1.82. The summed E-state index contributed by atoms with van der Waals surface area (Å²) in [5.74, 6) is -0.655. The molecule has 82 valence electrons. The topological polar surface area (TPSA) is 72.5 Å². The van der Waals surface area contributed by atoms with Gasteiger partial charge in [0, 0.05) is 0 Å². The Balaban J connectivity index is 2.62. The van der Waals surface area contributed by atoms with E-state index in [0.29, 0.717) is 10.8 Å². The van der Waals surface area contributed by atoms with Crippen LogP contribution in [0.25, 0.3) is 0 Å². The summed E-state index contributed by atoms with van der Waals surface area (Å²) in [6, 6.07) is 4.21. The molecule has 15 heavy (non-hydrogen) atoms. The van der Waals surface area contributed by atoms with E-state index in [1.54, 1.807) is 12.1 Å². The SMILES string of the molecule is Cc1ccc(OC[C@H](N)C(=O)O)c(Cl)c1. The lowest BCUT2D eigenvalue weighted by molar-refractivity contribution is -0.139. The first-order chi connectivity index (χ1) is 7.00. The minimum Gasteiger partial charge on any atom is -0.490 e. The second-order valence-corrected chi connectivity index (χ2v) is 3.60. The van der Waals surface area contributed by atoms with Gasteiger partial charge < -0.3 is 15.6 Å². The van der Waals surface area contributed by atoms with Gasteiger partial charge in [-0.3, -0.25) is 4.79 Å². The summed E-state index contributed by atoms with van der Waals surface area (Å²) in [7, 11) is 0. The Kier molecular flexibility index (Phi) is 3.94. The van der Waals surface area contributed by atoms with E-state index in [1.807, 2.05) is 13.0 Å². The first-order valence-electron chi connectivity index (χ1n) is 4.38. The average Bonchev–Trinajstić information content (AvgIpc) is 2.15. The van der Waals surface area contributed by atoms with Gasteiger partial charge in [-0.15, -0.1) is 0 Å². The number of hydrogen-bond donors (Lipinski definition) is 2. The zero-order chi connectivity index (χ0) is 11.4. The molecule has 0 unspecified atom stereocenters. The van der Waals surface area contributed by atoms with E-state index in [1.165, 1.54) is 0 Å². The van der Waals surface area contributed by atoms with Crippen molar-refractivity contribution in [2.75, 3.05) is 6.61 Å². The number of aliphatic carboxylic acids is 1. The Hall–Kier alpha value is -1.26. The van der Waals surface area contributed by atoms with Gasteiger partial charge in [0.25, 0.3) is 0 Å². The fourth-order valence-corrected chi connectivity index (χ4v) is 1.26. The zero-order valence-corrected chi connectivity index (χ0v) is 8.99. The molecule has 1 rings (SSSR count). The smallest absolute Gasteiger partial charge is 0.324 e. The van der Waals surface area contributed by atoms with Crippen LogP contribution in [-0.2, 0) is 4.79 Å². The summed E-state index contributed by atoms with van der Waals surface area (Å²) in [6.07, 6.45) is 0. The number of halogens is 1. The predicted octanol–water partition coefficient (Wildman–Crippen LogP) is 1.44. The van der Waals surface area contributed by atoms with Gasteiger partial charge in [-0.05, 0) is 24.6 Å². The molecule has 0 fully saturated rings. The van der Waals surface area contributed by atoms with Crippen molar-refractivity contribution in [3.05, 3.63) is 28.8 Å². The second kappa shape index (κ2) is 5.00. The lowest BCUT2D eigenvalue weighted by Gasteiger charge is -2.10. The van der Waals surface area contributed by atoms with Crippen LogP contribution in [0.3, 0.4) is 0 Å². The molecule has 3 N–H and O–H groups in total. The number of aryl methyl sites for hydroxylation is 1. The molecule has 0 spiro atoms. The van der Waals surface area contributed by atoms with Crippen molar-refractivity contribution in [3.8, 4) is 5.75 Å². The van der Waals surface area contributed by atoms with Gasteiger partial charge in [-0.1, -0.05) is 17.7 Å². The maximum absolute atomic E-state index is 10.4. The fourth-order valence-electron chi connectivity index (χ4n) is 0.974. The molecule has 0 aliphatic heterocycles. The Bertz CT molecular complexity index is 368. The maximum atomic E-state index is 10.4. The number of hydrogen-bond acceptors (Lipinski definition) is 3. The molecule has 1 aromatic carbocycles. The molecule has 0 saturated heterocycles. The highest BCUT2D eigenvalue weighted by atomic mass is 35.5. The molecule has 0 radical (unpaired) electrons. The first-order valence-corrected chi connectivity index (χ1v) is 4.76. The lowest BCUT2D eigenvalue weighted by atomic mass is 10.2. The number of nitrogens with two attached hydrogens (primary N) is 1. The Morgan fingerprint density at radius 2 is 2.33 bits per heavy atom. The van der Waals surface area contributed by atoms with Crippen LogP contribution < -0.4 is 10.5 Å². The predicted molar refractivity (Wildman–Crippen MR) is 57.3 cm³/mol. The lowest BCUT2D eigenvalue weighted by Crippen LogP contribution is -2.36. The van der Waals surface area contributed by atoms with Crippen LogP contribution in [0.5, 0.6) is 5.75 Å². The van der Waals surface area contributed by atoms with Crippen LogP contribution in [-0.4, -0.2) is 23.7 Å². The third kappa shape index (κ3) is 3.42. The molecule has 0 aromatic heterocycles. The first kappa shape index (κ1) is 11.8. The molecular formula is C10H12ClNO3. The normalized spacial score (nSPS) is 12.2. The molecular weight excluding hydrogens is 218 g/mol. The van der Waals surface area contributed by atoms with Crippen molar-refractivity contribution in [2.24, 2.45) is 5.73 Å². The van der Waals surface area contributed by atoms with Crippen LogP contribution in [0.1, 0.15) is 5.56 Å². The van der Waals surface area contributed by atoms with Gasteiger partial charge in [0.15, 0.2) is 0 Å². The van der Waals surface area contributed by atoms with E-state index in [4.69, 9.17) is 27.2 Å². The Labute approximate surface area is 92.6 Å². The average molecular weight is 230 g/mol. The number of benzene rings is 1. The number of carboxylic acid groups (broad SMARTS) is 1. The summed E-state index contributed by atoms with van der Waals surface area (Å²) in [5, 5.41) is 8.99. The van der Waals surface area contributed by atoms with Crippen LogP contribution in [0.4, 0.5) is 0 Å².